The Balaban J connectivity index is 0.000000223. The highest BCUT2D eigenvalue weighted by atomic mass is 32.7. The predicted molar refractivity (Wildman–Crippen MR) is 58.2 cm³/mol. The number of carbonyl (C=O) groups excluding carboxylic acids is 1. The first-order chi connectivity index (χ1) is 6.02. The molecule has 1 amide bonds. The molecule has 0 spiro atoms. The van der Waals surface area contributed by atoms with E-state index in [4.69, 9.17) is 5.50 Å². The fraction of sp³-hybridized carbons (Fsp3) is 0.800. The van der Waals surface area contributed by atoms with Crippen molar-refractivity contribution in [3.63, 3.8) is 0 Å². The molecule has 13 heavy (non-hydrogen) atoms. The summed E-state index contributed by atoms with van der Waals surface area (Å²) in [7, 11) is 1.33. The summed E-state index contributed by atoms with van der Waals surface area (Å²) in [6, 6.07) is 0. The molecule has 5 nitrogen and oxygen atoms in total. The highest BCUT2D eigenvalue weighted by Crippen LogP contribution is 2.48. The SMILES string of the molecule is COP(N)(=O)SC.O=C1NCCS1. The average molecular weight is 244 g/mol. The Kier molecular flexibility index (Phi) is 6.89. The van der Waals surface area contributed by atoms with Crippen LogP contribution in [-0.2, 0) is 9.09 Å². The molecule has 0 aromatic rings. The van der Waals surface area contributed by atoms with Crippen molar-refractivity contribution >= 4 is 35.1 Å². The number of hydrogen-bond acceptors (Lipinski definition) is 5. The third kappa shape index (κ3) is 7.40. The maximum Gasteiger partial charge on any atom is 0.323 e. The Hall–Kier alpha value is 0.320. The molecule has 1 saturated heterocycles. The summed E-state index contributed by atoms with van der Waals surface area (Å²) in [6.07, 6.45) is 1.64. The monoisotopic (exact) mass is 244 g/mol. The van der Waals surface area contributed by atoms with Crippen LogP contribution in [-0.4, -0.2) is 30.9 Å². The number of thioether (sulfide) groups is 1. The molecule has 3 N–H and O–H groups in total. The Labute approximate surface area is 85.8 Å². The maximum atomic E-state index is 10.5. The van der Waals surface area contributed by atoms with Crippen LogP contribution in [0.1, 0.15) is 0 Å². The number of rotatable bonds is 2. The van der Waals surface area contributed by atoms with E-state index in [9.17, 15) is 9.36 Å². The summed E-state index contributed by atoms with van der Waals surface area (Å²) in [5.74, 6) is 0.943. The van der Waals surface area contributed by atoms with Gasteiger partial charge < -0.3 is 9.84 Å². The largest absolute Gasteiger partial charge is 0.346 e. The molecule has 1 heterocycles. The number of amides is 1. The van der Waals surface area contributed by atoms with E-state index in [1.165, 1.54) is 18.9 Å². The second-order valence-corrected chi connectivity index (χ2v) is 7.47. The minimum absolute atomic E-state index is 0.120. The van der Waals surface area contributed by atoms with Crippen molar-refractivity contribution in [2.45, 2.75) is 0 Å². The first-order valence-corrected chi connectivity index (χ1v) is 7.93. The molecule has 1 rings (SSSR count). The van der Waals surface area contributed by atoms with Gasteiger partial charge in [0.25, 0.3) is 5.24 Å². The minimum Gasteiger partial charge on any atom is -0.346 e. The van der Waals surface area contributed by atoms with Crippen molar-refractivity contribution in [1.82, 2.24) is 5.32 Å². The topological polar surface area (TPSA) is 81.4 Å². The number of carbonyl (C=O) groups is 1. The van der Waals surface area contributed by atoms with Crippen LogP contribution in [0, 0.1) is 0 Å². The van der Waals surface area contributed by atoms with Gasteiger partial charge in [-0.05, 0) is 6.26 Å². The summed E-state index contributed by atoms with van der Waals surface area (Å²) in [5, 5.41) is 2.76. The molecule has 0 bridgehead atoms. The molecule has 1 aliphatic rings. The molecule has 1 fully saturated rings. The zero-order valence-corrected chi connectivity index (χ0v) is 10.0. The quantitative estimate of drug-likeness (QED) is 0.716. The molecule has 0 aromatic carbocycles. The van der Waals surface area contributed by atoms with Gasteiger partial charge in [0, 0.05) is 19.4 Å². The van der Waals surface area contributed by atoms with Crippen molar-refractivity contribution in [1.29, 1.82) is 0 Å². The lowest BCUT2D eigenvalue weighted by Gasteiger charge is -2.02. The first-order valence-electron chi connectivity index (χ1n) is 3.42. The van der Waals surface area contributed by atoms with Gasteiger partial charge in [-0.2, -0.15) is 0 Å². The van der Waals surface area contributed by atoms with E-state index in [0.29, 0.717) is 0 Å². The molecule has 1 unspecified atom stereocenters. The zero-order valence-electron chi connectivity index (χ0n) is 7.48. The van der Waals surface area contributed by atoms with Crippen LogP contribution in [0.4, 0.5) is 4.79 Å². The van der Waals surface area contributed by atoms with Gasteiger partial charge in [-0.1, -0.05) is 23.1 Å². The minimum atomic E-state index is -2.74. The third-order valence-corrected chi connectivity index (χ3v) is 4.92. The maximum absolute atomic E-state index is 10.5. The highest BCUT2D eigenvalue weighted by molar-refractivity contribution is 8.55. The lowest BCUT2D eigenvalue weighted by molar-refractivity contribution is 0.262. The normalized spacial score (nSPS) is 19.8. The Morgan fingerprint density at radius 1 is 1.77 bits per heavy atom. The van der Waals surface area contributed by atoms with Gasteiger partial charge in [-0.15, -0.1) is 0 Å². The summed E-state index contributed by atoms with van der Waals surface area (Å²) >= 11 is 2.39. The van der Waals surface area contributed by atoms with E-state index in [1.54, 1.807) is 6.26 Å². The van der Waals surface area contributed by atoms with E-state index in [1.807, 2.05) is 0 Å². The van der Waals surface area contributed by atoms with Gasteiger partial charge in [0.15, 0.2) is 0 Å². The van der Waals surface area contributed by atoms with Gasteiger partial charge in [-0.3, -0.25) is 14.9 Å². The summed E-state index contributed by atoms with van der Waals surface area (Å²) in [4.78, 5) is 10.1. The van der Waals surface area contributed by atoms with Gasteiger partial charge >= 0.3 is 6.72 Å². The van der Waals surface area contributed by atoms with Gasteiger partial charge in [-0.25, -0.2) is 0 Å². The molecule has 1 atom stereocenters. The number of nitrogens with one attached hydrogen (secondary N) is 1. The molecule has 8 heteroatoms. The standard InChI is InChI=1S/C3H5NOS.C2H8NO2PS/c5-3-4-1-2-6-3;1-5-6(3,4)7-2/h1-2H2,(H,4,5);1-2H3,(H2,3,4). The summed E-state index contributed by atoms with van der Waals surface area (Å²) < 4.78 is 14.9. The van der Waals surface area contributed by atoms with Gasteiger partial charge in [0.05, 0.1) is 0 Å². The Morgan fingerprint density at radius 3 is 2.46 bits per heavy atom. The molecule has 1 aliphatic heterocycles. The van der Waals surface area contributed by atoms with Crippen LogP contribution in [0.15, 0.2) is 0 Å². The lowest BCUT2D eigenvalue weighted by atomic mass is 10.8. The fourth-order valence-corrected chi connectivity index (χ4v) is 1.61. The molecule has 0 aromatic heterocycles. The van der Waals surface area contributed by atoms with Crippen LogP contribution in [0.2, 0.25) is 0 Å². The smallest absolute Gasteiger partial charge is 0.323 e. The van der Waals surface area contributed by atoms with Crippen LogP contribution in [0.5, 0.6) is 0 Å². The third-order valence-electron chi connectivity index (χ3n) is 1.11. The zero-order chi connectivity index (χ0) is 10.3. The van der Waals surface area contributed by atoms with E-state index in [-0.39, 0.29) is 5.24 Å². The van der Waals surface area contributed by atoms with Crippen molar-refractivity contribution in [2.75, 3.05) is 25.7 Å². The molecule has 0 aliphatic carbocycles. The van der Waals surface area contributed by atoms with Crippen LogP contribution >= 0.6 is 29.9 Å². The van der Waals surface area contributed by atoms with E-state index in [0.717, 1.165) is 23.7 Å². The molecular formula is C5H13N2O3PS2. The fourth-order valence-electron chi connectivity index (χ4n) is 0.422. The van der Waals surface area contributed by atoms with E-state index < -0.39 is 6.72 Å². The van der Waals surface area contributed by atoms with Gasteiger partial charge in [0.1, 0.15) is 0 Å². The van der Waals surface area contributed by atoms with Crippen LogP contribution < -0.4 is 10.8 Å². The summed E-state index contributed by atoms with van der Waals surface area (Å²) in [5.41, 5.74) is 5.01. The lowest BCUT2D eigenvalue weighted by Crippen LogP contribution is -2.10. The first kappa shape index (κ1) is 13.3. The number of hydrogen-bond donors (Lipinski definition) is 2. The van der Waals surface area contributed by atoms with E-state index in [2.05, 4.69) is 9.84 Å². The Morgan fingerprint density at radius 2 is 2.38 bits per heavy atom. The van der Waals surface area contributed by atoms with Crippen molar-refractivity contribution in [2.24, 2.45) is 5.50 Å². The Bertz CT molecular complexity index is 198. The highest BCUT2D eigenvalue weighted by Gasteiger charge is 2.09. The number of nitrogens with two attached hydrogens (primary N) is 1. The second kappa shape index (κ2) is 6.73. The predicted octanol–water partition coefficient (Wildman–Crippen LogP) is 1.51. The molecular weight excluding hydrogens is 231 g/mol. The van der Waals surface area contributed by atoms with E-state index >= 15 is 0 Å². The average Bonchev–Trinajstić information content (AvgIpc) is 2.57. The molecule has 0 saturated carbocycles. The van der Waals surface area contributed by atoms with Crippen LogP contribution in [0.3, 0.4) is 0 Å². The van der Waals surface area contributed by atoms with Gasteiger partial charge in [0.2, 0.25) is 0 Å². The van der Waals surface area contributed by atoms with Crippen molar-refractivity contribution in [3.05, 3.63) is 0 Å². The second-order valence-electron chi connectivity index (χ2n) is 1.97. The molecule has 78 valence electrons. The van der Waals surface area contributed by atoms with Crippen molar-refractivity contribution in [3.8, 4) is 0 Å². The van der Waals surface area contributed by atoms with Crippen LogP contribution in [0.25, 0.3) is 0 Å². The summed E-state index contributed by atoms with van der Waals surface area (Å²) in [6.45, 7) is -1.89. The molecule has 0 radical (unpaired) electrons. The van der Waals surface area contributed by atoms with Crippen molar-refractivity contribution < 1.29 is 13.9 Å².